The zero-order valence-electron chi connectivity index (χ0n) is 9.50. The summed E-state index contributed by atoms with van der Waals surface area (Å²) in [4.78, 5) is 10.5. The lowest BCUT2D eigenvalue weighted by Crippen LogP contribution is -2.16. The molecule has 0 amide bonds. The van der Waals surface area contributed by atoms with Gasteiger partial charge in [-0.15, -0.1) is 10.2 Å². The Bertz CT molecular complexity index is 401. The van der Waals surface area contributed by atoms with Crippen LogP contribution in [0.1, 0.15) is 31.5 Å². The minimum absolute atomic E-state index is 0.0429. The molecule has 94 valence electrons. The maximum atomic E-state index is 10.5. The minimum Gasteiger partial charge on any atom is -0.481 e. The molecule has 0 aromatic carbocycles. The fraction of sp³-hybridized carbons (Fsp3) is 0.700. The highest BCUT2D eigenvalue weighted by Gasteiger charge is 2.19. The Labute approximate surface area is 104 Å². The van der Waals surface area contributed by atoms with E-state index in [1.807, 2.05) is 0 Å². The van der Waals surface area contributed by atoms with Crippen LogP contribution in [0.25, 0.3) is 0 Å². The molecular formula is C10H16N4O2S. The number of carboxylic acid groups (broad SMARTS) is 1. The largest absolute Gasteiger partial charge is 0.481 e. The molecule has 6 nitrogen and oxygen atoms in total. The van der Waals surface area contributed by atoms with Crippen LogP contribution in [-0.2, 0) is 11.2 Å². The Hall–Kier alpha value is -1.24. The van der Waals surface area contributed by atoms with E-state index in [0.29, 0.717) is 11.1 Å². The van der Waals surface area contributed by atoms with E-state index >= 15 is 0 Å². The van der Waals surface area contributed by atoms with Gasteiger partial charge >= 0.3 is 5.97 Å². The fourth-order valence-corrected chi connectivity index (χ4v) is 2.74. The van der Waals surface area contributed by atoms with E-state index < -0.39 is 5.97 Å². The van der Waals surface area contributed by atoms with Gasteiger partial charge in [-0.25, -0.2) is 4.68 Å². The van der Waals surface area contributed by atoms with E-state index in [2.05, 4.69) is 10.2 Å². The number of nitrogens with zero attached hydrogens (tertiary/aromatic N) is 3. The average Bonchev–Trinajstić information content (AvgIpc) is 2.89. The maximum Gasteiger partial charge on any atom is 0.313 e. The Morgan fingerprint density at radius 1 is 1.47 bits per heavy atom. The van der Waals surface area contributed by atoms with Crippen LogP contribution in [0.5, 0.6) is 0 Å². The molecule has 0 unspecified atom stereocenters. The Morgan fingerprint density at radius 2 is 2.18 bits per heavy atom. The van der Waals surface area contributed by atoms with Crippen molar-refractivity contribution in [1.82, 2.24) is 14.9 Å². The summed E-state index contributed by atoms with van der Waals surface area (Å²) in [6.07, 6.45) is 5.86. The third kappa shape index (κ3) is 3.12. The molecule has 1 heterocycles. The second-order valence-electron chi connectivity index (χ2n) is 4.31. The maximum absolute atomic E-state index is 10.5. The predicted molar refractivity (Wildman–Crippen MR) is 64.2 cm³/mol. The third-order valence-corrected chi connectivity index (χ3v) is 3.93. The number of nitrogen functional groups attached to an aromatic ring is 1. The molecule has 0 saturated heterocycles. The summed E-state index contributed by atoms with van der Waals surface area (Å²) in [5.74, 6) is 6.33. The predicted octanol–water partition coefficient (Wildman–Crippen LogP) is 0.901. The molecule has 0 aliphatic heterocycles. The number of carboxylic acids is 1. The molecular weight excluding hydrogens is 240 g/mol. The highest BCUT2D eigenvalue weighted by Crippen LogP contribution is 2.27. The number of hydrogen-bond donors (Lipinski definition) is 2. The van der Waals surface area contributed by atoms with Crippen molar-refractivity contribution in [2.75, 3.05) is 11.6 Å². The van der Waals surface area contributed by atoms with E-state index in [1.165, 1.54) is 30.4 Å². The first-order valence-corrected chi connectivity index (χ1v) is 6.69. The van der Waals surface area contributed by atoms with E-state index in [1.54, 1.807) is 0 Å². The zero-order valence-corrected chi connectivity index (χ0v) is 10.3. The molecule has 1 aliphatic rings. The molecule has 1 fully saturated rings. The van der Waals surface area contributed by atoms with Crippen LogP contribution in [0.2, 0.25) is 0 Å². The first kappa shape index (κ1) is 12.2. The van der Waals surface area contributed by atoms with Crippen molar-refractivity contribution in [2.24, 2.45) is 5.92 Å². The van der Waals surface area contributed by atoms with Gasteiger partial charge in [0.25, 0.3) is 0 Å². The lowest BCUT2D eigenvalue weighted by molar-refractivity contribution is -0.133. The molecule has 7 heteroatoms. The van der Waals surface area contributed by atoms with Crippen LogP contribution < -0.4 is 5.84 Å². The molecule has 1 aromatic rings. The van der Waals surface area contributed by atoms with Crippen molar-refractivity contribution in [2.45, 2.75) is 37.3 Å². The molecule has 1 saturated carbocycles. The first-order valence-electron chi connectivity index (χ1n) is 5.71. The summed E-state index contributed by atoms with van der Waals surface area (Å²) >= 11 is 1.10. The molecule has 2 rings (SSSR count). The number of rotatable bonds is 5. The number of carbonyl (C=O) groups is 1. The second-order valence-corrected chi connectivity index (χ2v) is 5.25. The normalized spacial score (nSPS) is 16.5. The summed E-state index contributed by atoms with van der Waals surface area (Å²) in [7, 11) is 0. The van der Waals surface area contributed by atoms with Crippen molar-refractivity contribution in [3.8, 4) is 0 Å². The monoisotopic (exact) mass is 256 g/mol. The van der Waals surface area contributed by atoms with Crippen molar-refractivity contribution in [3.63, 3.8) is 0 Å². The molecule has 0 atom stereocenters. The third-order valence-electron chi connectivity index (χ3n) is 3.01. The molecule has 1 aromatic heterocycles. The smallest absolute Gasteiger partial charge is 0.313 e. The SMILES string of the molecule is Nn1c(CC2CCCC2)nnc1SCC(=O)O. The molecule has 0 radical (unpaired) electrons. The van der Waals surface area contributed by atoms with Gasteiger partial charge in [-0.2, -0.15) is 0 Å². The lowest BCUT2D eigenvalue weighted by Gasteiger charge is -2.07. The summed E-state index contributed by atoms with van der Waals surface area (Å²) in [6, 6.07) is 0. The molecule has 1 aliphatic carbocycles. The van der Waals surface area contributed by atoms with Crippen LogP contribution in [-0.4, -0.2) is 31.7 Å². The van der Waals surface area contributed by atoms with Gasteiger partial charge in [0.05, 0.1) is 5.75 Å². The number of thioether (sulfide) groups is 1. The van der Waals surface area contributed by atoms with Gasteiger partial charge in [0.15, 0.2) is 5.82 Å². The average molecular weight is 256 g/mol. The summed E-state index contributed by atoms with van der Waals surface area (Å²) < 4.78 is 1.42. The van der Waals surface area contributed by atoms with Crippen LogP contribution in [0, 0.1) is 5.92 Å². The van der Waals surface area contributed by atoms with Gasteiger partial charge < -0.3 is 10.9 Å². The second kappa shape index (κ2) is 5.39. The molecule has 3 N–H and O–H groups in total. The topological polar surface area (TPSA) is 94.0 Å². The molecule has 0 spiro atoms. The Kier molecular flexibility index (Phi) is 3.88. The van der Waals surface area contributed by atoms with Crippen LogP contribution in [0.3, 0.4) is 0 Å². The highest BCUT2D eigenvalue weighted by molar-refractivity contribution is 7.99. The van der Waals surface area contributed by atoms with Gasteiger partial charge in [0, 0.05) is 6.42 Å². The zero-order chi connectivity index (χ0) is 12.3. The van der Waals surface area contributed by atoms with Crippen molar-refractivity contribution >= 4 is 17.7 Å². The van der Waals surface area contributed by atoms with E-state index in [9.17, 15) is 4.79 Å². The first-order chi connectivity index (χ1) is 8.16. The minimum atomic E-state index is -0.879. The molecule has 0 bridgehead atoms. The number of aliphatic carboxylic acids is 1. The fourth-order valence-electron chi connectivity index (χ4n) is 2.14. The summed E-state index contributed by atoms with van der Waals surface area (Å²) in [5.41, 5.74) is 0. The van der Waals surface area contributed by atoms with Gasteiger partial charge in [-0.05, 0) is 5.92 Å². The summed E-state index contributed by atoms with van der Waals surface area (Å²) in [6.45, 7) is 0. The van der Waals surface area contributed by atoms with E-state index in [4.69, 9.17) is 10.9 Å². The van der Waals surface area contributed by atoms with Crippen LogP contribution in [0.4, 0.5) is 0 Å². The van der Waals surface area contributed by atoms with Gasteiger partial charge in [-0.3, -0.25) is 4.79 Å². The van der Waals surface area contributed by atoms with Crippen molar-refractivity contribution in [3.05, 3.63) is 5.82 Å². The highest BCUT2D eigenvalue weighted by atomic mass is 32.2. The number of aromatic nitrogens is 3. The number of nitrogens with two attached hydrogens (primary N) is 1. The van der Waals surface area contributed by atoms with Crippen molar-refractivity contribution < 1.29 is 9.90 Å². The standard InChI is InChI=1S/C10H16N4O2S/c11-14-8(5-7-3-1-2-4-7)12-13-10(14)17-6-9(15)16/h7H,1-6,11H2,(H,15,16). The van der Waals surface area contributed by atoms with E-state index in [0.717, 1.165) is 24.0 Å². The number of hydrogen-bond acceptors (Lipinski definition) is 5. The van der Waals surface area contributed by atoms with Gasteiger partial charge in [-0.1, -0.05) is 37.4 Å². The quantitative estimate of drug-likeness (QED) is 0.600. The van der Waals surface area contributed by atoms with Crippen LogP contribution >= 0.6 is 11.8 Å². The van der Waals surface area contributed by atoms with Crippen molar-refractivity contribution in [1.29, 1.82) is 0 Å². The van der Waals surface area contributed by atoms with E-state index in [-0.39, 0.29) is 5.75 Å². The Morgan fingerprint density at radius 3 is 2.82 bits per heavy atom. The summed E-state index contributed by atoms with van der Waals surface area (Å²) in [5, 5.41) is 17.0. The van der Waals surface area contributed by atoms with Gasteiger partial charge in [0.2, 0.25) is 5.16 Å². The van der Waals surface area contributed by atoms with Gasteiger partial charge in [0.1, 0.15) is 0 Å². The lowest BCUT2D eigenvalue weighted by atomic mass is 10.0. The molecule has 17 heavy (non-hydrogen) atoms. The van der Waals surface area contributed by atoms with Crippen LogP contribution in [0.15, 0.2) is 5.16 Å². The Balaban J connectivity index is 1.96.